The number of benzene rings is 1. The first kappa shape index (κ1) is 19.4. The molecule has 1 aromatic heterocycles. The summed E-state index contributed by atoms with van der Waals surface area (Å²) in [6, 6.07) is 11.5. The van der Waals surface area contributed by atoms with Crippen LogP contribution in [0.3, 0.4) is 0 Å². The molecule has 2 atom stereocenters. The van der Waals surface area contributed by atoms with Crippen molar-refractivity contribution in [3.63, 3.8) is 0 Å². The van der Waals surface area contributed by atoms with Gasteiger partial charge < -0.3 is 14.7 Å². The molecule has 144 valence electrons. The fraction of sp³-hybridized carbons (Fsp3) is 0.429. The molecule has 1 aliphatic rings. The van der Waals surface area contributed by atoms with Gasteiger partial charge in [0.05, 0.1) is 5.69 Å². The highest BCUT2D eigenvalue weighted by atomic mass is 32.1. The maximum atomic E-state index is 13.2. The second-order valence-electron chi connectivity index (χ2n) is 7.43. The molecule has 1 saturated carbocycles. The van der Waals surface area contributed by atoms with Gasteiger partial charge in [0.25, 0.3) is 0 Å². The normalized spacial score (nSPS) is 19.3. The second-order valence-corrected chi connectivity index (χ2v) is 8.45. The van der Waals surface area contributed by atoms with Gasteiger partial charge in [0.15, 0.2) is 0 Å². The van der Waals surface area contributed by atoms with E-state index in [9.17, 15) is 9.59 Å². The molecule has 1 heterocycles. The van der Waals surface area contributed by atoms with Gasteiger partial charge in [0, 0.05) is 16.8 Å². The van der Waals surface area contributed by atoms with Crippen molar-refractivity contribution in [2.24, 2.45) is 11.8 Å². The van der Waals surface area contributed by atoms with E-state index in [-0.39, 0.29) is 22.9 Å². The van der Waals surface area contributed by atoms with Gasteiger partial charge in [-0.15, -0.1) is 0 Å². The standard InChI is InChI=1S/C21H25NO4S/c1-13(2)22(19(23)16-10-9-14(3)11-16)17-12-18(15-7-5-4-6-8-15)27-20(17)26-21(24)25/h4-8,12-14,16H,9-11H2,1-3H3,(H,24,25). The van der Waals surface area contributed by atoms with Crippen LogP contribution in [0.1, 0.15) is 40.0 Å². The van der Waals surface area contributed by atoms with E-state index < -0.39 is 6.16 Å². The average Bonchev–Trinajstić information content (AvgIpc) is 3.22. The summed E-state index contributed by atoms with van der Waals surface area (Å²) < 4.78 is 5.05. The van der Waals surface area contributed by atoms with Gasteiger partial charge in [-0.05, 0) is 50.7 Å². The van der Waals surface area contributed by atoms with E-state index in [1.807, 2.05) is 50.2 Å². The minimum absolute atomic E-state index is 0.0137. The number of anilines is 1. The van der Waals surface area contributed by atoms with E-state index in [2.05, 4.69) is 6.92 Å². The topological polar surface area (TPSA) is 66.8 Å². The van der Waals surface area contributed by atoms with E-state index in [1.54, 1.807) is 4.90 Å². The zero-order valence-electron chi connectivity index (χ0n) is 15.8. The van der Waals surface area contributed by atoms with Crippen LogP contribution in [0.15, 0.2) is 36.4 Å². The van der Waals surface area contributed by atoms with E-state index >= 15 is 0 Å². The van der Waals surface area contributed by atoms with Crippen molar-refractivity contribution in [3.8, 4) is 15.5 Å². The maximum Gasteiger partial charge on any atom is 0.512 e. The van der Waals surface area contributed by atoms with Crippen molar-refractivity contribution in [1.82, 2.24) is 0 Å². The molecule has 27 heavy (non-hydrogen) atoms. The van der Waals surface area contributed by atoms with E-state index in [0.29, 0.717) is 11.6 Å². The van der Waals surface area contributed by atoms with Crippen molar-refractivity contribution in [3.05, 3.63) is 36.4 Å². The number of carboxylic acid groups (broad SMARTS) is 1. The van der Waals surface area contributed by atoms with Crippen molar-refractivity contribution < 1.29 is 19.4 Å². The summed E-state index contributed by atoms with van der Waals surface area (Å²) in [6.07, 6.45) is 1.45. The third-order valence-electron chi connectivity index (χ3n) is 4.98. The highest BCUT2D eigenvalue weighted by Crippen LogP contribution is 2.45. The molecule has 0 aliphatic heterocycles. The Morgan fingerprint density at radius 1 is 1.22 bits per heavy atom. The quantitative estimate of drug-likeness (QED) is 0.673. The summed E-state index contributed by atoms with van der Waals surface area (Å²) in [5.41, 5.74) is 1.51. The smallest absolute Gasteiger partial charge is 0.449 e. The molecular weight excluding hydrogens is 362 g/mol. The highest BCUT2D eigenvalue weighted by molar-refractivity contribution is 7.18. The zero-order valence-corrected chi connectivity index (χ0v) is 16.7. The minimum Gasteiger partial charge on any atom is -0.449 e. The number of ether oxygens (including phenoxy) is 1. The summed E-state index contributed by atoms with van der Waals surface area (Å²) in [4.78, 5) is 27.0. The molecule has 0 saturated heterocycles. The molecule has 2 unspecified atom stereocenters. The Kier molecular flexibility index (Phi) is 5.85. The molecule has 5 nitrogen and oxygen atoms in total. The first-order chi connectivity index (χ1) is 12.9. The van der Waals surface area contributed by atoms with Gasteiger partial charge in [-0.25, -0.2) is 4.79 Å². The summed E-state index contributed by atoms with van der Waals surface area (Å²) in [5.74, 6) is 0.590. The first-order valence-electron chi connectivity index (χ1n) is 9.30. The molecule has 6 heteroatoms. The summed E-state index contributed by atoms with van der Waals surface area (Å²) >= 11 is 1.25. The van der Waals surface area contributed by atoms with E-state index in [1.165, 1.54) is 11.3 Å². The Balaban J connectivity index is 2.01. The van der Waals surface area contributed by atoms with Gasteiger partial charge >= 0.3 is 6.16 Å². The van der Waals surface area contributed by atoms with Crippen LogP contribution in [0.25, 0.3) is 10.4 Å². The Morgan fingerprint density at radius 3 is 2.48 bits per heavy atom. The number of carbonyl (C=O) groups is 2. The highest BCUT2D eigenvalue weighted by Gasteiger charge is 2.34. The van der Waals surface area contributed by atoms with Gasteiger partial charge in [0.2, 0.25) is 11.0 Å². The molecule has 1 fully saturated rings. The second kappa shape index (κ2) is 8.13. The fourth-order valence-electron chi connectivity index (χ4n) is 3.71. The Labute approximate surface area is 163 Å². The molecule has 2 aromatic rings. The van der Waals surface area contributed by atoms with E-state index in [0.717, 1.165) is 29.7 Å². The van der Waals surface area contributed by atoms with Crippen LogP contribution in [-0.2, 0) is 4.79 Å². The van der Waals surface area contributed by atoms with Crippen LogP contribution in [0.5, 0.6) is 5.06 Å². The van der Waals surface area contributed by atoms with Crippen molar-refractivity contribution in [2.75, 3.05) is 4.90 Å². The van der Waals surface area contributed by atoms with Crippen LogP contribution in [-0.4, -0.2) is 23.2 Å². The number of amides is 1. The van der Waals surface area contributed by atoms with Crippen LogP contribution in [0.2, 0.25) is 0 Å². The monoisotopic (exact) mass is 387 g/mol. The molecule has 0 bridgehead atoms. The average molecular weight is 388 g/mol. The number of thiophene rings is 1. The minimum atomic E-state index is -1.37. The Bertz CT molecular complexity index is 815. The largest absolute Gasteiger partial charge is 0.512 e. The third-order valence-corrected chi connectivity index (χ3v) is 6.03. The van der Waals surface area contributed by atoms with E-state index in [4.69, 9.17) is 9.84 Å². The maximum absolute atomic E-state index is 13.2. The predicted molar refractivity (Wildman–Crippen MR) is 108 cm³/mol. The molecule has 0 radical (unpaired) electrons. The lowest BCUT2D eigenvalue weighted by molar-refractivity contribution is -0.122. The molecule has 1 aromatic carbocycles. The van der Waals surface area contributed by atoms with Crippen LogP contribution in [0, 0.1) is 11.8 Å². The van der Waals surface area contributed by atoms with Crippen molar-refractivity contribution in [1.29, 1.82) is 0 Å². The number of carbonyl (C=O) groups excluding carboxylic acids is 1. The lowest BCUT2D eigenvalue weighted by Gasteiger charge is -2.29. The molecule has 1 N–H and O–H groups in total. The summed E-state index contributed by atoms with van der Waals surface area (Å²) in [7, 11) is 0. The SMILES string of the molecule is CC1CCC(C(=O)N(c2cc(-c3ccccc3)sc2OC(=O)O)C(C)C)C1. The van der Waals surface area contributed by atoms with Gasteiger partial charge in [-0.1, -0.05) is 48.6 Å². The lowest BCUT2D eigenvalue weighted by Crippen LogP contribution is -2.40. The molecule has 3 rings (SSSR count). The Morgan fingerprint density at radius 2 is 1.93 bits per heavy atom. The number of rotatable bonds is 5. The van der Waals surface area contributed by atoms with Crippen molar-refractivity contribution in [2.45, 2.75) is 46.1 Å². The van der Waals surface area contributed by atoms with Crippen LogP contribution < -0.4 is 9.64 Å². The molecular formula is C21H25NO4S. The van der Waals surface area contributed by atoms with Crippen molar-refractivity contribution >= 4 is 29.1 Å². The zero-order chi connectivity index (χ0) is 19.6. The van der Waals surface area contributed by atoms with Gasteiger partial charge in [-0.3, -0.25) is 4.79 Å². The fourth-order valence-corrected chi connectivity index (χ4v) is 4.71. The number of nitrogens with zero attached hydrogens (tertiary/aromatic N) is 1. The van der Waals surface area contributed by atoms with Crippen LogP contribution >= 0.6 is 11.3 Å². The Hall–Kier alpha value is -2.34. The summed E-state index contributed by atoms with van der Waals surface area (Å²) in [5, 5.41) is 9.40. The van der Waals surface area contributed by atoms with Gasteiger partial charge in [-0.2, -0.15) is 0 Å². The summed E-state index contributed by atoms with van der Waals surface area (Å²) in [6.45, 7) is 6.06. The molecule has 1 aliphatic carbocycles. The molecule has 0 spiro atoms. The molecule has 1 amide bonds. The predicted octanol–water partition coefficient (Wildman–Crippen LogP) is 5.65. The number of hydrogen-bond donors (Lipinski definition) is 1. The van der Waals surface area contributed by atoms with Gasteiger partial charge in [0.1, 0.15) is 0 Å². The first-order valence-corrected chi connectivity index (χ1v) is 10.1. The number of hydrogen-bond acceptors (Lipinski definition) is 4. The lowest BCUT2D eigenvalue weighted by atomic mass is 10.0. The third kappa shape index (κ3) is 4.33. The van der Waals surface area contributed by atoms with Crippen LogP contribution in [0.4, 0.5) is 10.5 Å².